The molecule has 0 atom stereocenters. The average molecular weight is 356 g/mol. The Kier molecular flexibility index (Phi) is 7.17. The van der Waals surface area contributed by atoms with Crippen molar-refractivity contribution in [3.05, 3.63) is 60.2 Å². The first-order valence-corrected chi connectivity index (χ1v) is 8.10. The van der Waals surface area contributed by atoms with Crippen LogP contribution in [0.5, 0.6) is 5.75 Å². The Morgan fingerprint density at radius 2 is 1.73 bits per heavy atom. The largest absolute Gasteiger partial charge is 0.482 e. The van der Waals surface area contributed by atoms with Crippen LogP contribution in [-0.4, -0.2) is 37.5 Å². The summed E-state index contributed by atoms with van der Waals surface area (Å²) in [6.07, 6.45) is 0. The molecule has 7 nitrogen and oxygen atoms in total. The van der Waals surface area contributed by atoms with E-state index in [1.807, 2.05) is 13.0 Å². The molecule has 0 fully saturated rings. The summed E-state index contributed by atoms with van der Waals surface area (Å²) in [5.41, 5.74) is 0.869. The molecule has 26 heavy (non-hydrogen) atoms. The normalized spacial score (nSPS) is 9.88. The first kappa shape index (κ1) is 19.0. The molecular weight excluding hydrogens is 336 g/mol. The predicted octanol–water partition coefficient (Wildman–Crippen LogP) is 2.00. The topological polar surface area (TPSA) is 93.7 Å². The Morgan fingerprint density at radius 1 is 0.962 bits per heavy atom. The monoisotopic (exact) mass is 356 g/mol. The molecule has 2 amide bonds. The van der Waals surface area contributed by atoms with Crippen molar-refractivity contribution in [2.45, 2.75) is 6.92 Å². The van der Waals surface area contributed by atoms with Crippen LogP contribution in [0.1, 0.15) is 17.3 Å². The molecule has 2 rings (SSSR count). The summed E-state index contributed by atoms with van der Waals surface area (Å²) in [5.74, 6) is -0.852. The number of carbonyl (C=O) groups is 3. The molecule has 2 N–H and O–H groups in total. The third kappa shape index (κ3) is 6.27. The molecule has 0 bridgehead atoms. The molecule has 2 aromatic rings. The van der Waals surface area contributed by atoms with E-state index in [4.69, 9.17) is 9.47 Å². The highest BCUT2D eigenvalue weighted by Gasteiger charge is 2.10. The van der Waals surface area contributed by atoms with E-state index in [-0.39, 0.29) is 12.5 Å². The van der Waals surface area contributed by atoms with Crippen LogP contribution in [0, 0.1) is 0 Å². The average Bonchev–Trinajstić information content (AvgIpc) is 2.66. The summed E-state index contributed by atoms with van der Waals surface area (Å²) in [4.78, 5) is 35.3. The first-order chi connectivity index (χ1) is 12.6. The van der Waals surface area contributed by atoms with E-state index >= 15 is 0 Å². The lowest BCUT2D eigenvalue weighted by atomic mass is 10.2. The zero-order valence-corrected chi connectivity index (χ0v) is 14.4. The van der Waals surface area contributed by atoms with Gasteiger partial charge in [0.1, 0.15) is 5.75 Å². The van der Waals surface area contributed by atoms with Crippen molar-refractivity contribution >= 4 is 23.5 Å². The fourth-order valence-electron chi connectivity index (χ4n) is 2.04. The van der Waals surface area contributed by atoms with Gasteiger partial charge in [-0.1, -0.05) is 24.3 Å². The van der Waals surface area contributed by atoms with E-state index < -0.39 is 18.5 Å². The minimum atomic E-state index is -0.653. The number of anilines is 1. The number of hydrogen-bond acceptors (Lipinski definition) is 5. The van der Waals surface area contributed by atoms with Gasteiger partial charge in [-0.2, -0.15) is 0 Å². The van der Waals surface area contributed by atoms with Gasteiger partial charge in [-0.05, 0) is 37.3 Å². The Balaban J connectivity index is 1.77. The van der Waals surface area contributed by atoms with Gasteiger partial charge in [-0.25, -0.2) is 4.79 Å². The number of nitrogens with one attached hydrogen (secondary N) is 2. The van der Waals surface area contributed by atoms with Crippen molar-refractivity contribution in [1.82, 2.24) is 5.32 Å². The Hall–Kier alpha value is -3.35. The fourth-order valence-corrected chi connectivity index (χ4v) is 2.04. The van der Waals surface area contributed by atoms with Crippen LogP contribution in [0.3, 0.4) is 0 Å². The van der Waals surface area contributed by atoms with E-state index in [1.165, 1.54) is 0 Å². The van der Waals surface area contributed by atoms with E-state index in [9.17, 15) is 14.4 Å². The molecule has 0 saturated carbocycles. The molecule has 0 radical (unpaired) electrons. The summed E-state index contributed by atoms with van der Waals surface area (Å²) < 4.78 is 10.1. The minimum absolute atomic E-state index is 0.229. The molecule has 0 aliphatic carbocycles. The zero-order valence-electron chi connectivity index (χ0n) is 14.4. The maximum Gasteiger partial charge on any atom is 0.344 e. The molecule has 0 aromatic heterocycles. The molecule has 0 aliphatic heterocycles. The first-order valence-electron chi connectivity index (χ1n) is 8.10. The Morgan fingerprint density at radius 3 is 2.46 bits per heavy atom. The lowest BCUT2D eigenvalue weighted by Gasteiger charge is -2.09. The summed E-state index contributed by atoms with van der Waals surface area (Å²) >= 11 is 0. The minimum Gasteiger partial charge on any atom is -0.482 e. The second kappa shape index (κ2) is 9.83. The maximum atomic E-state index is 11.9. The van der Waals surface area contributed by atoms with Crippen molar-refractivity contribution in [2.75, 3.05) is 25.1 Å². The van der Waals surface area contributed by atoms with Crippen LogP contribution >= 0.6 is 0 Å². The number of benzene rings is 2. The third-order valence-corrected chi connectivity index (χ3v) is 3.21. The van der Waals surface area contributed by atoms with E-state index in [2.05, 4.69) is 10.6 Å². The molecule has 2 aromatic carbocycles. The van der Waals surface area contributed by atoms with Crippen LogP contribution in [-0.2, 0) is 14.3 Å². The van der Waals surface area contributed by atoms with Gasteiger partial charge in [0.25, 0.3) is 11.8 Å². The van der Waals surface area contributed by atoms with Crippen molar-refractivity contribution in [2.24, 2.45) is 0 Å². The molecule has 0 saturated heterocycles. The standard InChI is InChI=1S/C19H20N2O5/c1-2-20-19(24)14-7-6-8-15(11-14)21-17(22)12-26-18(23)13-25-16-9-4-3-5-10-16/h3-11H,2,12-13H2,1H3,(H,20,24)(H,21,22). The summed E-state index contributed by atoms with van der Waals surface area (Å²) in [6, 6.07) is 15.3. The van der Waals surface area contributed by atoms with Gasteiger partial charge in [-0.3, -0.25) is 9.59 Å². The van der Waals surface area contributed by atoms with Gasteiger partial charge in [-0.15, -0.1) is 0 Å². The highest BCUT2D eigenvalue weighted by atomic mass is 16.6. The Labute approximate surface area is 151 Å². The third-order valence-electron chi connectivity index (χ3n) is 3.21. The van der Waals surface area contributed by atoms with Crippen LogP contribution in [0.4, 0.5) is 5.69 Å². The van der Waals surface area contributed by atoms with Crippen LogP contribution in [0.15, 0.2) is 54.6 Å². The van der Waals surface area contributed by atoms with Crippen molar-refractivity contribution in [3.63, 3.8) is 0 Å². The second-order valence-corrected chi connectivity index (χ2v) is 5.25. The predicted molar refractivity (Wildman–Crippen MR) is 96.0 cm³/mol. The number of rotatable bonds is 8. The van der Waals surface area contributed by atoms with Gasteiger partial charge < -0.3 is 20.1 Å². The molecule has 7 heteroatoms. The molecule has 0 unspecified atom stereocenters. The maximum absolute atomic E-state index is 11.9. The number of esters is 1. The van der Waals surface area contributed by atoms with E-state index in [0.29, 0.717) is 23.5 Å². The van der Waals surface area contributed by atoms with Gasteiger partial charge in [0, 0.05) is 17.8 Å². The Bertz CT molecular complexity index is 762. The van der Waals surface area contributed by atoms with Crippen LogP contribution < -0.4 is 15.4 Å². The fraction of sp³-hybridized carbons (Fsp3) is 0.211. The molecule has 0 aliphatic rings. The number of carbonyl (C=O) groups excluding carboxylic acids is 3. The van der Waals surface area contributed by atoms with Gasteiger partial charge in [0.15, 0.2) is 13.2 Å². The zero-order chi connectivity index (χ0) is 18.8. The molecule has 136 valence electrons. The summed E-state index contributed by atoms with van der Waals surface area (Å²) in [7, 11) is 0. The number of ether oxygens (including phenoxy) is 2. The van der Waals surface area contributed by atoms with Gasteiger partial charge >= 0.3 is 5.97 Å². The van der Waals surface area contributed by atoms with Crippen LogP contribution in [0.25, 0.3) is 0 Å². The molecule has 0 heterocycles. The smallest absolute Gasteiger partial charge is 0.344 e. The van der Waals surface area contributed by atoms with Crippen molar-refractivity contribution in [1.29, 1.82) is 0 Å². The van der Waals surface area contributed by atoms with Crippen molar-refractivity contribution in [3.8, 4) is 5.75 Å². The molecule has 0 spiro atoms. The highest BCUT2D eigenvalue weighted by molar-refractivity contribution is 5.97. The lowest BCUT2D eigenvalue weighted by molar-refractivity contribution is -0.149. The number of hydrogen-bond donors (Lipinski definition) is 2. The summed E-state index contributed by atoms with van der Waals surface area (Å²) in [5, 5.41) is 5.25. The highest BCUT2D eigenvalue weighted by Crippen LogP contribution is 2.11. The van der Waals surface area contributed by atoms with E-state index in [0.717, 1.165) is 0 Å². The second-order valence-electron chi connectivity index (χ2n) is 5.25. The SMILES string of the molecule is CCNC(=O)c1cccc(NC(=O)COC(=O)COc2ccccc2)c1. The van der Waals surface area contributed by atoms with E-state index in [1.54, 1.807) is 48.5 Å². The molecular formula is C19H20N2O5. The summed E-state index contributed by atoms with van der Waals surface area (Å²) in [6.45, 7) is 1.60. The van der Waals surface area contributed by atoms with Crippen molar-refractivity contribution < 1.29 is 23.9 Å². The number of amides is 2. The van der Waals surface area contributed by atoms with Gasteiger partial charge in [0.05, 0.1) is 0 Å². The van der Waals surface area contributed by atoms with Gasteiger partial charge in [0.2, 0.25) is 0 Å². The van der Waals surface area contributed by atoms with Crippen LogP contribution in [0.2, 0.25) is 0 Å². The number of para-hydroxylation sites is 1. The lowest BCUT2D eigenvalue weighted by Crippen LogP contribution is -2.24. The quantitative estimate of drug-likeness (QED) is 0.706.